The highest BCUT2D eigenvalue weighted by Gasteiger charge is 2.43. The Morgan fingerprint density at radius 1 is 1.19 bits per heavy atom. The van der Waals surface area contributed by atoms with Crippen molar-refractivity contribution in [2.75, 3.05) is 6.54 Å². The van der Waals surface area contributed by atoms with Gasteiger partial charge in [-0.2, -0.15) is 0 Å². The van der Waals surface area contributed by atoms with Crippen molar-refractivity contribution in [3.05, 3.63) is 35.9 Å². The number of aliphatic hydroxyl groups is 1. The van der Waals surface area contributed by atoms with Crippen molar-refractivity contribution in [2.24, 2.45) is 5.92 Å². The Morgan fingerprint density at radius 3 is 2.43 bits per heavy atom. The van der Waals surface area contributed by atoms with E-state index in [0.29, 0.717) is 0 Å². The Morgan fingerprint density at radius 2 is 1.86 bits per heavy atom. The van der Waals surface area contributed by atoms with E-state index in [0.717, 1.165) is 25.3 Å². The van der Waals surface area contributed by atoms with Crippen LogP contribution in [0.3, 0.4) is 0 Å². The minimum Gasteiger partial charge on any atom is -0.390 e. The molecule has 1 aromatic rings. The van der Waals surface area contributed by atoms with Crippen molar-refractivity contribution in [1.82, 2.24) is 5.32 Å². The molecule has 0 aliphatic heterocycles. The molecule has 1 aliphatic carbocycles. The Labute approximate surface area is 130 Å². The van der Waals surface area contributed by atoms with Crippen LogP contribution in [0.5, 0.6) is 0 Å². The standard InChI is InChI=1S/C19H31NO/c1-16(8-7-12-18(2,3)21)11-15-20-19(13-14-19)17-9-5-4-6-10-17/h4-6,9-10,16,20-21H,7-8,11-15H2,1-3H3. The molecule has 0 aromatic heterocycles. The van der Waals surface area contributed by atoms with Gasteiger partial charge in [0.1, 0.15) is 0 Å². The third-order valence-corrected chi connectivity index (χ3v) is 4.66. The zero-order valence-electron chi connectivity index (χ0n) is 13.9. The first kappa shape index (κ1) is 16.5. The SMILES string of the molecule is CC(CCCC(C)(C)O)CCNC1(c2ccccc2)CC1. The van der Waals surface area contributed by atoms with E-state index in [1.165, 1.54) is 31.2 Å². The quantitative estimate of drug-likeness (QED) is 0.713. The first-order valence-electron chi connectivity index (χ1n) is 8.44. The number of hydrogen-bond donors (Lipinski definition) is 2. The van der Waals surface area contributed by atoms with Crippen molar-refractivity contribution in [3.63, 3.8) is 0 Å². The van der Waals surface area contributed by atoms with Crippen LogP contribution in [0.25, 0.3) is 0 Å². The van der Waals surface area contributed by atoms with E-state index in [9.17, 15) is 5.11 Å². The molecular formula is C19H31NO. The molecule has 118 valence electrons. The van der Waals surface area contributed by atoms with Crippen molar-refractivity contribution < 1.29 is 5.11 Å². The van der Waals surface area contributed by atoms with E-state index in [2.05, 4.69) is 42.6 Å². The molecule has 2 nitrogen and oxygen atoms in total. The summed E-state index contributed by atoms with van der Waals surface area (Å²) >= 11 is 0. The molecule has 1 aromatic carbocycles. The number of hydrogen-bond acceptors (Lipinski definition) is 2. The summed E-state index contributed by atoms with van der Waals surface area (Å²) in [6.45, 7) is 7.22. The van der Waals surface area contributed by atoms with Gasteiger partial charge in [0.05, 0.1) is 5.60 Å². The molecule has 21 heavy (non-hydrogen) atoms. The maximum absolute atomic E-state index is 9.74. The average molecular weight is 289 g/mol. The molecule has 0 radical (unpaired) electrons. The van der Waals surface area contributed by atoms with Crippen LogP contribution in [0.15, 0.2) is 30.3 Å². The summed E-state index contributed by atoms with van der Waals surface area (Å²) in [5.74, 6) is 0.728. The van der Waals surface area contributed by atoms with Gasteiger partial charge in [-0.1, -0.05) is 50.1 Å². The molecule has 0 heterocycles. The summed E-state index contributed by atoms with van der Waals surface area (Å²) in [6, 6.07) is 10.8. The monoisotopic (exact) mass is 289 g/mol. The summed E-state index contributed by atoms with van der Waals surface area (Å²) in [4.78, 5) is 0. The summed E-state index contributed by atoms with van der Waals surface area (Å²) in [5, 5.41) is 13.5. The van der Waals surface area contributed by atoms with Gasteiger partial charge in [-0.25, -0.2) is 0 Å². The molecule has 0 spiro atoms. The molecule has 2 heteroatoms. The van der Waals surface area contributed by atoms with Gasteiger partial charge in [0.25, 0.3) is 0 Å². The van der Waals surface area contributed by atoms with Gasteiger partial charge < -0.3 is 10.4 Å². The van der Waals surface area contributed by atoms with Crippen LogP contribution in [-0.2, 0) is 5.54 Å². The molecule has 1 unspecified atom stereocenters. The number of benzene rings is 1. The fourth-order valence-electron chi connectivity index (χ4n) is 3.04. The lowest BCUT2D eigenvalue weighted by atomic mass is 9.95. The topological polar surface area (TPSA) is 32.3 Å². The van der Waals surface area contributed by atoms with E-state index >= 15 is 0 Å². The highest BCUT2D eigenvalue weighted by molar-refractivity contribution is 5.29. The van der Waals surface area contributed by atoms with Crippen LogP contribution in [-0.4, -0.2) is 17.3 Å². The normalized spacial score (nSPS) is 18.5. The maximum Gasteiger partial charge on any atom is 0.0591 e. The minimum absolute atomic E-state index is 0.272. The van der Waals surface area contributed by atoms with Crippen molar-refractivity contribution in [3.8, 4) is 0 Å². The predicted octanol–water partition coefficient (Wildman–Crippen LogP) is 4.23. The lowest BCUT2D eigenvalue weighted by Gasteiger charge is -2.21. The lowest BCUT2D eigenvalue weighted by molar-refractivity contribution is 0.0669. The molecule has 2 rings (SSSR count). The predicted molar refractivity (Wildman–Crippen MR) is 89.3 cm³/mol. The van der Waals surface area contributed by atoms with Crippen LogP contribution < -0.4 is 5.32 Å². The van der Waals surface area contributed by atoms with E-state index in [1.54, 1.807) is 0 Å². The maximum atomic E-state index is 9.74. The molecule has 1 fully saturated rings. The third-order valence-electron chi connectivity index (χ3n) is 4.66. The van der Waals surface area contributed by atoms with Crippen molar-refractivity contribution in [1.29, 1.82) is 0 Å². The number of rotatable bonds is 9. The van der Waals surface area contributed by atoms with Gasteiger partial charge in [-0.3, -0.25) is 0 Å². The Hall–Kier alpha value is -0.860. The molecule has 1 aliphatic rings. The fraction of sp³-hybridized carbons (Fsp3) is 0.684. The molecule has 0 saturated heterocycles. The third kappa shape index (κ3) is 5.44. The van der Waals surface area contributed by atoms with Crippen LogP contribution in [0, 0.1) is 5.92 Å². The Kier molecular flexibility index (Phi) is 5.45. The van der Waals surface area contributed by atoms with Gasteiger partial charge in [0, 0.05) is 5.54 Å². The summed E-state index contributed by atoms with van der Waals surface area (Å²) in [6.07, 6.45) is 6.99. The van der Waals surface area contributed by atoms with Crippen LogP contribution in [0.4, 0.5) is 0 Å². The zero-order chi connectivity index (χ0) is 15.3. The molecule has 0 bridgehead atoms. The Balaban J connectivity index is 1.65. The summed E-state index contributed by atoms with van der Waals surface area (Å²) < 4.78 is 0. The molecule has 1 atom stereocenters. The van der Waals surface area contributed by atoms with Gasteiger partial charge in [-0.15, -0.1) is 0 Å². The second kappa shape index (κ2) is 6.93. The second-order valence-corrected chi connectivity index (χ2v) is 7.47. The summed E-state index contributed by atoms with van der Waals surface area (Å²) in [7, 11) is 0. The molecule has 1 saturated carbocycles. The number of nitrogens with one attached hydrogen (secondary N) is 1. The lowest BCUT2D eigenvalue weighted by Crippen LogP contribution is -2.30. The molecule has 2 N–H and O–H groups in total. The van der Waals surface area contributed by atoms with Gasteiger partial charge in [0.15, 0.2) is 0 Å². The van der Waals surface area contributed by atoms with E-state index in [4.69, 9.17) is 0 Å². The molecular weight excluding hydrogens is 258 g/mol. The van der Waals surface area contributed by atoms with Gasteiger partial charge in [-0.05, 0) is 57.6 Å². The Bertz CT molecular complexity index is 417. The zero-order valence-corrected chi connectivity index (χ0v) is 13.9. The van der Waals surface area contributed by atoms with E-state index in [1.807, 2.05) is 13.8 Å². The van der Waals surface area contributed by atoms with Crippen LogP contribution in [0.2, 0.25) is 0 Å². The first-order valence-corrected chi connectivity index (χ1v) is 8.44. The molecule has 0 amide bonds. The van der Waals surface area contributed by atoms with Crippen molar-refractivity contribution >= 4 is 0 Å². The fourth-order valence-corrected chi connectivity index (χ4v) is 3.04. The van der Waals surface area contributed by atoms with Gasteiger partial charge >= 0.3 is 0 Å². The van der Waals surface area contributed by atoms with Crippen molar-refractivity contribution in [2.45, 2.75) is 70.4 Å². The van der Waals surface area contributed by atoms with E-state index < -0.39 is 5.60 Å². The minimum atomic E-state index is -0.511. The second-order valence-electron chi connectivity index (χ2n) is 7.47. The highest BCUT2D eigenvalue weighted by Crippen LogP contribution is 2.45. The highest BCUT2D eigenvalue weighted by atomic mass is 16.3. The van der Waals surface area contributed by atoms with E-state index in [-0.39, 0.29) is 5.54 Å². The average Bonchev–Trinajstić information content (AvgIpc) is 3.19. The first-order chi connectivity index (χ1) is 9.91. The van der Waals surface area contributed by atoms with Gasteiger partial charge in [0.2, 0.25) is 0 Å². The van der Waals surface area contributed by atoms with Crippen LogP contribution >= 0.6 is 0 Å². The summed E-state index contributed by atoms with van der Waals surface area (Å²) in [5.41, 5.74) is 1.21. The van der Waals surface area contributed by atoms with Crippen LogP contribution in [0.1, 0.15) is 64.9 Å². The largest absolute Gasteiger partial charge is 0.390 e. The smallest absolute Gasteiger partial charge is 0.0591 e.